The lowest BCUT2D eigenvalue weighted by Crippen LogP contribution is -2.00. The second kappa shape index (κ2) is 7.11. The summed E-state index contributed by atoms with van der Waals surface area (Å²) in [5.74, 6) is 0.850. The molecule has 1 nitrogen and oxygen atoms in total. The van der Waals surface area contributed by atoms with Crippen molar-refractivity contribution >= 4 is 6.29 Å². The van der Waals surface area contributed by atoms with Crippen LogP contribution < -0.4 is 0 Å². The minimum atomic E-state index is 0.782. The van der Waals surface area contributed by atoms with Gasteiger partial charge in [0.05, 0.1) is 0 Å². The van der Waals surface area contributed by atoms with Crippen molar-refractivity contribution < 1.29 is 4.79 Å². The van der Waals surface area contributed by atoms with Gasteiger partial charge in [-0.15, -0.1) is 0 Å². The Morgan fingerprint density at radius 3 is 2.00 bits per heavy atom. The summed E-state index contributed by atoms with van der Waals surface area (Å²) in [7, 11) is 0. The van der Waals surface area contributed by atoms with Crippen LogP contribution in [0, 0.1) is 5.92 Å². The maximum Gasteiger partial charge on any atom is 0.120 e. The van der Waals surface area contributed by atoms with Gasteiger partial charge in [0, 0.05) is 6.42 Å². The Morgan fingerprint density at radius 1 is 0.923 bits per heavy atom. The molecule has 0 spiro atoms. The van der Waals surface area contributed by atoms with Crippen LogP contribution in [-0.2, 0) is 4.79 Å². The maximum absolute atomic E-state index is 10.3. The van der Waals surface area contributed by atoms with Gasteiger partial charge in [0.15, 0.2) is 0 Å². The Balaban J connectivity index is 2.19. The third-order valence-electron chi connectivity index (χ3n) is 3.17. The fraction of sp³-hybridized carbons (Fsp3) is 0.917. The van der Waals surface area contributed by atoms with E-state index in [-0.39, 0.29) is 0 Å². The highest BCUT2D eigenvalue weighted by molar-refractivity contribution is 5.49. The Morgan fingerprint density at radius 2 is 1.46 bits per heavy atom. The van der Waals surface area contributed by atoms with Crippen LogP contribution in [0.1, 0.15) is 64.2 Å². The number of hydrogen-bond acceptors (Lipinski definition) is 1. The fourth-order valence-corrected chi connectivity index (χ4v) is 2.31. The first-order valence-corrected chi connectivity index (χ1v) is 5.87. The molecule has 0 unspecified atom stereocenters. The number of carbonyl (C=O) groups excluding carboxylic acids is 1. The summed E-state index contributed by atoms with van der Waals surface area (Å²) in [5.41, 5.74) is 0. The second-order valence-electron chi connectivity index (χ2n) is 4.31. The smallest absolute Gasteiger partial charge is 0.120 e. The summed E-state index contributed by atoms with van der Waals surface area (Å²) >= 11 is 0. The summed E-state index contributed by atoms with van der Waals surface area (Å²) in [6.07, 6.45) is 14.2. The highest BCUT2D eigenvalue weighted by Gasteiger charge is 2.09. The normalized spacial score (nSPS) is 21.5. The molecule has 0 saturated heterocycles. The number of rotatable bonds is 3. The monoisotopic (exact) mass is 182 g/mol. The van der Waals surface area contributed by atoms with Crippen LogP contribution >= 0.6 is 0 Å². The molecule has 1 rings (SSSR count). The molecular formula is C12H22O. The molecule has 1 aliphatic carbocycles. The first-order valence-electron chi connectivity index (χ1n) is 5.87. The van der Waals surface area contributed by atoms with Crippen LogP contribution in [0.5, 0.6) is 0 Å². The first-order chi connectivity index (χ1) is 6.43. The third kappa shape index (κ3) is 5.07. The van der Waals surface area contributed by atoms with E-state index in [4.69, 9.17) is 0 Å². The molecule has 0 radical (unpaired) electrons. The van der Waals surface area contributed by atoms with E-state index in [1.807, 2.05) is 0 Å². The van der Waals surface area contributed by atoms with Crippen LogP contribution in [0.2, 0.25) is 0 Å². The van der Waals surface area contributed by atoms with Crippen LogP contribution in [0.3, 0.4) is 0 Å². The fourth-order valence-electron chi connectivity index (χ4n) is 2.31. The van der Waals surface area contributed by atoms with Gasteiger partial charge in [0.1, 0.15) is 6.29 Å². The lowest BCUT2D eigenvalue weighted by atomic mass is 9.93. The SMILES string of the molecule is O=CCCC1CCCCCCCC1. The van der Waals surface area contributed by atoms with Gasteiger partial charge < -0.3 is 4.79 Å². The lowest BCUT2D eigenvalue weighted by molar-refractivity contribution is -0.108. The first kappa shape index (κ1) is 10.7. The van der Waals surface area contributed by atoms with E-state index in [0.717, 1.165) is 25.0 Å². The van der Waals surface area contributed by atoms with E-state index in [1.165, 1.54) is 51.4 Å². The van der Waals surface area contributed by atoms with Gasteiger partial charge in [-0.2, -0.15) is 0 Å². The molecule has 0 aromatic heterocycles. The summed E-state index contributed by atoms with van der Waals surface area (Å²) in [6, 6.07) is 0. The molecule has 1 saturated carbocycles. The van der Waals surface area contributed by atoms with E-state index >= 15 is 0 Å². The minimum absolute atomic E-state index is 0.782. The standard InChI is InChI=1S/C12H22O/c13-11-7-10-12-8-5-3-1-2-4-6-9-12/h11-12H,1-10H2. The summed E-state index contributed by atoms with van der Waals surface area (Å²) < 4.78 is 0. The molecule has 0 atom stereocenters. The molecule has 76 valence electrons. The van der Waals surface area contributed by atoms with E-state index < -0.39 is 0 Å². The van der Waals surface area contributed by atoms with E-state index in [0.29, 0.717) is 0 Å². The average molecular weight is 182 g/mol. The van der Waals surface area contributed by atoms with Crippen LogP contribution in [-0.4, -0.2) is 6.29 Å². The van der Waals surface area contributed by atoms with Crippen molar-refractivity contribution in [1.82, 2.24) is 0 Å². The van der Waals surface area contributed by atoms with Crippen molar-refractivity contribution in [3.8, 4) is 0 Å². The van der Waals surface area contributed by atoms with Crippen molar-refractivity contribution in [1.29, 1.82) is 0 Å². The van der Waals surface area contributed by atoms with Gasteiger partial charge in [-0.3, -0.25) is 0 Å². The highest BCUT2D eigenvalue weighted by Crippen LogP contribution is 2.24. The van der Waals surface area contributed by atoms with Gasteiger partial charge in [0.2, 0.25) is 0 Å². The molecule has 0 aliphatic heterocycles. The van der Waals surface area contributed by atoms with E-state index in [2.05, 4.69) is 0 Å². The Kier molecular flexibility index (Phi) is 5.88. The highest BCUT2D eigenvalue weighted by atomic mass is 16.1. The zero-order valence-electron chi connectivity index (χ0n) is 8.63. The van der Waals surface area contributed by atoms with Crippen molar-refractivity contribution in [3.05, 3.63) is 0 Å². The zero-order valence-corrected chi connectivity index (χ0v) is 8.63. The second-order valence-corrected chi connectivity index (χ2v) is 4.31. The molecule has 0 heterocycles. The van der Waals surface area contributed by atoms with Crippen molar-refractivity contribution in [2.24, 2.45) is 5.92 Å². The van der Waals surface area contributed by atoms with Crippen molar-refractivity contribution in [2.75, 3.05) is 0 Å². The molecule has 1 heteroatoms. The van der Waals surface area contributed by atoms with Gasteiger partial charge >= 0.3 is 0 Å². The molecule has 1 fully saturated rings. The van der Waals surface area contributed by atoms with Crippen LogP contribution in [0.25, 0.3) is 0 Å². The van der Waals surface area contributed by atoms with Crippen LogP contribution in [0.15, 0.2) is 0 Å². The van der Waals surface area contributed by atoms with Gasteiger partial charge in [-0.05, 0) is 12.3 Å². The number of aldehydes is 1. The molecule has 0 aromatic rings. The molecule has 0 amide bonds. The minimum Gasteiger partial charge on any atom is -0.303 e. The Labute approximate surface area is 81.9 Å². The Bertz CT molecular complexity index is 121. The van der Waals surface area contributed by atoms with E-state index in [1.54, 1.807) is 0 Å². The number of hydrogen-bond donors (Lipinski definition) is 0. The van der Waals surface area contributed by atoms with Gasteiger partial charge in [0.25, 0.3) is 0 Å². The Hall–Kier alpha value is -0.330. The molecular weight excluding hydrogens is 160 g/mol. The molecule has 0 aromatic carbocycles. The van der Waals surface area contributed by atoms with Crippen molar-refractivity contribution in [3.63, 3.8) is 0 Å². The molecule has 0 bridgehead atoms. The maximum atomic E-state index is 10.3. The average Bonchev–Trinajstić information content (AvgIpc) is 2.28. The molecule has 13 heavy (non-hydrogen) atoms. The molecule has 0 N–H and O–H groups in total. The largest absolute Gasteiger partial charge is 0.303 e. The summed E-state index contributed by atoms with van der Waals surface area (Å²) in [5, 5.41) is 0. The third-order valence-corrected chi connectivity index (χ3v) is 3.17. The van der Waals surface area contributed by atoms with Gasteiger partial charge in [-0.25, -0.2) is 0 Å². The zero-order chi connectivity index (χ0) is 9.36. The van der Waals surface area contributed by atoms with Crippen molar-refractivity contribution in [2.45, 2.75) is 64.2 Å². The quantitative estimate of drug-likeness (QED) is 0.608. The summed E-state index contributed by atoms with van der Waals surface area (Å²) in [4.78, 5) is 10.3. The van der Waals surface area contributed by atoms with E-state index in [9.17, 15) is 4.79 Å². The molecule has 1 aliphatic rings. The van der Waals surface area contributed by atoms with Crippen LogP contribution in [0.4, 0.5) is 0 Å². The number of carbonyl (C=O) groups is 1. The predicted molar refractivity (Wildman–Crippen MR) is 55.7 cm³/mol. The topological polar surface area (TPSA) is 17.1 Å². The van der Waals surface area contributed by atoms with Gasteiger partial charge in [-0.1, -0.05) is 51.4 Å². The lowest BCUT2D eigenvalue weighted by Gasteiger charge is -2.13. The summed E-state index contributed by atoms with van der Waals surface area (Å²) in [6.45, 7) is 0. The predicted octanol–water partition coefficient (Wildman–Crippen LogP) is 3.72.